The van der Waals surface area contributed by atoms with Crippen LogP contribution in [0.25, 0.3) is 21.6 Å². The molecule has 7 heteroatoms. The summed E-state index contributed by atoms with van der Waals surface area (Å²) in [5.74, 6) is 1.44. The van der Waals surface area contributed by atoms with E-state index in [0.717, 1.165) is 33.7 Å². The quantitative estimate of drug-likeness (QED) is 0.490. The zero-order chi connectivity index (χ0) is 16.0. The Morgan fingerprint density at radius 1 is 1.23 bits per heavy atom. The van der Waals surface area contributed by atoms with Gasteiger partial charge in [0.05, 0.1) is 19.6 Å². The van der Waals surface area contributed by atoms with Crippen molar-refractivity contribution in [2.45, 2.75) is 13.8 Å². The molecule has 0 aliphatic heterocycles. The molecule has 0 atom stereocenters. The van der Waals surface area contributed by atoms with E-state index >= 15 is 0 Å². The average Bonchev–Trinajstić information content (AvgIpc) is 2.74. The van der Waals surface area contributed by atoms with Crippen LogP contribution in [0.2, 0.25) is 0 Å². The summed E-state index contributed by atoms with van der Waals surface area (Å²) < 4.78 is 7.35. The van der Waals surface area contributed by atoms with E-state index in [9.17, 15) is 4.79 Å². The number of nitrogens with one attached hydrogen (secondary N) is 1. The lowest BCUT2D eigenvalue weighted by atomic mass is 10.2. The van der Waals surface area contributed by atoms with Crippen molar-refractivity contribution in [3.05, 3.63) is 40.1 Å². The Morgan fingerprint density at radius 3 is 2.45 bits per heavy atom. The van der Waals surface area contributed by atoms with Crippen LogP contribution in [0.15, 0.2) is 16.9 Å². The number of rotatable bonds is 2. The molecule has 3 rings (SSSR count). The van der Waals surface area contributed by atoms with Gasteiger partial charge in [-0.2, -0.15) is 0 Å². The number of aryl methyl sites for hydroxylation is 2. The predicted molar refractivity (Wildman–Crippen MR) is 107 cm³/mol. The molecule has 0 unspecified atom stereocenters. The molecule has 22 heavy (non-hydrogen) atoms. The summed E-state index contributed by atoms with van der Waals surface area (Å²) in [5.41, 5.74) is 1.82. The van der Waals surface area contributed by atoms with Crippen molar-refractivity contribution in [2.75, 3.05) is 7.11 Å². The Kier molecular flexibility index (Phi) is 4.47. The molecule has 2 heterocycles. The van der Waals surface area contributed by atoms with Crippen molar-refractivity contribution >= 4 is 66.7 Å². The fourth-order valence-corrected chi connectivity index (χ4v) is 5.52. The highest BCUT2D eigenvalue weighted by atomic mass is 127. The first kappa shape index (κ1) is 16.2. The number of halogens is 2. The Morgan fingerprint density at radius 2 is 1.86 bits per heavy atom. The van der Waals surface area contributed by atoms with Gasteiger partial charge in [0.15, 0.2) is 0 Å². The molecule has 0 saturated carbocycles. The summed E-state index contributed by atoms with van der Waals surface area (Å²) in [5, 5.41) is 0.698. The van der Waals surface area contributed by atoms with E-state index in [1.807, 2.05) is 26.0 Å². The number of aromatic amines is 1. The van der Waals surface area contributed by atoms with Gasteiger partial charge in [-0.15, -0.1) is 11.3 Å². The van der Waals surface area contributed by atoms with Crippen molar-refractivity contribution in [1.29, 1.82) is 0 Å². The first-order valence-corrected chi connectivity index (χ1v) is 9.43. The number of hydrogen-bond acceptors (Lipinski definition) is 4. The van der Waals surface area contributed by atoms with Crippen LogP contribution in [-0.2, 0) is 0 Å². The molecule has 114 valence electrons. The Balaban J connectivity index is 2.25. The van der Waals surface area contributed by atoms with Gasteiger partial charge in [0, 0.05) is 10.4 Å². The van der Waals surface area contributed by atoms with E-state index in [1.165, 1.54) is 0 Å². The number of nitrogens with zero attached hydrogens (tertiary/aromatic N) is 1. The number of thiophene rings is 1. The third-order valence-electron chi connectivity index (χ3n) is 3.51. The molecule has 0 saturated heterocycles. The number of hydrogen-bond donors (Lipinski definition) is 1. The minimum atomic E-state index is -0.0808. The first-order valence-electron chi connectivity index (χ1n) is 6.45. The molecular formula is C15H12I2N2O2S. The highest BCUT2D eigenvalue weighted by Gasteiger charge is 2.15. The summed E-state index contributed by atoms with van der Waals surface area (Å²) in [4.78, 5) is 21.8. The Hall–Kier alpha value is -0.680. The smallest absolute Gasteiger partial charge is 0.260 e. The number of fused-ring (bicyclic) bond motifs is 1. The van der Waals surface area contributed by atoms with Crippen molar-refractivity contribution in [2.24, 2.45) is 0 Å². The van der Waals surface area contributed by atoms with Crippen LogP contribution in [0.1, 0.15) is 10.4 Å². The molecule has 3 aromatic rings. The zero-order valence-corrected chi connectivity index (χ0v) is 17.2. The fourth-order valence-electron chi connectivity index (χ4n) is 2.28. The Labute approximate surface area is 158 Å². The topological polar surface area (TPSA) is 55.0 Å². The maximum atomic E-state index is 12.4. The molecule has 1 N–H and O–H groups in total. The van der Waals surface area contributed by atoms with E-state index in [-0.39, 0.29) is 5.56 Å². The summed E-state index contributed by atoms with van der Waals surface area (Å²) in [6.07, 6.45) is 0. The fraction of sp³-hybridized carbons (Fsp3) is 0.200. The number of ether oxygens (including phenoxy) is 1. The van der Waals surface area contributed by atoms with E-state index in [0.29, 0.717) is 11.2 Å². The van der Waals surface area contributed by atoms with Gasteiger partial charge >= 0.3 is 0 Å². The molecule has 0 fully saturated rings. The Bertz CT molecular complexity index is 924. The molecule has 0 spiro atoms. The van der Waals surface area contributed by atoms with Gasteiger partial charge in [-0.1, -0.05) is 0 Å². The van der Waals surface area contributed by atoms with Crippen molar-refractivity contribution in [1.82, 2.24) is 9.97 Å². The molecular weight excluding hydrogens is 526 g/mol. The van der Waals surface area contributed by atoms with E-state index in [2.05, 4.69) is 55.1 Å². The zero-order valence-electron chi connectivity index (χ0n) is 12.1. The highest BCUT2D eigenvalue weighted by Crippen LogP contribution is 2.33. The predicted octanol–water partition coefficient (Wildman–Crippen LogP) is 4.49. The van der Waals surface area contributed by atoms with Crippen LogP contribution < -0.4 is 10.3 Å². The van der Waals surface area contributed by atoms with Gasteiger partial charge in [-0.3, -0.25) is 4.79 Å². The minimum Gasteiger partial charge on any atom is -0.495 e. The summed E-state index contributed by atoms with van der Waals surface area (Å²) in [6.45, 7) is 3.98. The molecule has 4 nitrogen and oxygen atoms in total. The number of H-pyrrole nitrogens is 1. The van der Waals surface area contributed by atoms with Gasteiger partial charge in [0.25, 0.3) is 5.56 Å². The average molecular weight is 538 g/mol. The van der Waals surface area contributed by atoms with Crippen molar-refractivity contribution in [3.8, 4) is 17.1 Å². The van der Waals surface area contributed by atoms with Gasteiger partial charge in [-0.25, -0.2) is 4.98 Å². The van der Waals surface area contributed by atoms with Gasteiger partial charge < -0.3 is 9.72 Å². The van der Waals surface area contributed by atoms with Gasteiger partial charge in [-0.05, 0) is 76.7 Å². The van der Waals surface area contributed by atoms with Crippen molar-refractivity contribution < 1.29 is 4.74 Å². The van der Waals surface area contributed by atoms with E-state index in [1.54, 1.807) is 18.4 Å². The van der Waals surface area contributed by atoms with Crippen LogP contribution in [0.5, 0.6) is 5.75 Å². The molecule has 0 radical (unpaired) electrons. The molecule has 2 aromatic heterocycles. The number of methoxy groups -OCH3 is 1. The van der Waals surface area contributed by atoms with Gasteiger partial charge in [0.1, 0.15) is 16.4 Å². The summed E-state index contributed by atoms with van der Waals surface area (Å²) in [6, 6.07) is 3.94. The highest BCUT2D eigenvalue weighted by molar-refractivity contribution is 14.1. The second kappa shape index (κ2) is 6.08. The van der Waals surface area contributed by atoms with Crippen LogP contribution >= 0.6 is 56.5 Å². The summed E-state index contributed by atoms with van der Waals surface area (Å²) in [7, 11) is 1.66. The van der Waals surface area contributed by atoms with Gasteiger partial charge in [0.2, 0.25) is 0 Å². The maximum Gasteiger partial charge on any atom is 0.260 e. The summed E-state index contributed by atoms with van der Waals surface area (Å²) >= 11 is 6.01. The molecule has 1 aromatic carbocycles. The normalized spacial score (nSPS) is 11.1. The second-order valence-corrected chi connectivity index (χ2v) is 8.38. The van der Waals surface area contributed by atoms with Crippen LogP contribution in [0, 0.1) is 21.0 Å². The van der Waals surface area contributed by atoms with Crippen molar-refractivity contribution in [3.63, 3.8) is 0 Å². The second-order valence-electron chi connectivity index (χ2n) is 4.85. The molecule has 0 amide bonds. The largest absolute Gasteiger partial charge is 0.495 e. The monoisotopic (exact) mass is 538 g/mol. The lowest BCUT2D eigenvalue weighted by Crippen LogP contribution is -2.09. The van der Waals surface area contributed by atoms with E-state index < -0.39 is 0 Å². The van der Waals surface area contributed by atoms with Crippen LogP contribution in [-0.4, -0.2) is 17.1 Å². The van der Waals surface area contributed by atoms with Crippen LogP contribution in [0.3, 0.4) is 0 Å². The number of aromatic nitrogens is 2. The molecule has 0 aliphatic carbocycles. The standard InChI is InChI=1S/C15H12I2N2O2S/c1-6-7(2)22-15-11(6)14(20)18-13(19-15)8-4-9(16)12(21-3)10(17)5-8/h4-5H,1-3H3,(H,18,19,20). The SMILES string of the molecule is COc1c(I)cc(-c2nc3sc(C)c(C)c3c(=O)[nH]2)cc1I. The number of benzene rings is 1. The van der Waals surface area contributed by atoms with E-state index in [4.69, 9.17) is 4.74 Å². The third-order valence-corrected chi connectivity index (χ3v) is 6.22. The molecule has 0 aliphatic rings. The third kappa shape index (κ3) is 2.67. The first-order chi connectivity index (χ1) is 10.4. The lowest BCUT2D eigenvalue weighted by Gasteiger charge is -2.09. The van der Waals surface area contributed by atoms with Crippen LogP contribution in [0.4, 0.5) is 0 Å². The molecule has 0 bridgehead atoms. The minimum absolute atomic E-state index is 0.0808. The lowest BCUT2D eigenvalue weighted by molar-refractivity contribution is 0.409. The maximum absolute atomic E-state index is 12.4.